The average molecular weight is 538 g/mol. The number of carbonyl (C=O) groups is 1. The van der Waals surface area contributed by atoms with Gasteiger partial charge in [-0.05, 0) is 76.1 Å². The second kappa shape index (κ2) is 10.9. The van der Waals surface area contributed by atoms with Crippen LogP contribution in [0.1, 0.15) is 71.6 Å². The van der Waals surface area contributed by atoms with Gasteiger partial charge >= 0.3 is 0 Å². The minimum Gasteiger partial charge on any atom is -0.490 e. The number of piperidine rings is 2. The first-order valence-corrected chi connectivity index (χ1v) is 13.7. The lowest BCUT2D eigenvalue weighted by molar-refractivity contribution is 0.0923. The number of hydrogen-bond acceptors (Lipinski definition) is 7. The molecular weight excluding hydrogens is 504 g/mol. The van der Waals surface area contributed by atoms with E-state index < -0.39 is 23.2 Å². The van der Waals surface area contributed by atoms with Gasteiger partial charge < -0.3 is 26.0 Å². The highest BCUT2D eigenvalue weighted by Gasteiger charge is 2.38. The SMILES string of the molecule is O=C(N[C@@H]1CCOc2c1ccc(F)c2F)c1cccc(NC2(c3n[nH]c(C4CCNCC4)n3)CCNCC2)c1. The van der Waals surface area contributed by atoms with Crippen LogP contribution in [0.15, 0.2) is 36.4 Å². The van der Waals surface area contributed by atoms with Crippen molar-refractivity contribution in [2.45, 2.75) is 49.6 Å². The predicted octanol–water partition coefficient (Wildman–Crippen LogP) is 3.49. The zero-order valence-corrected chi connectivity index (χ0v) is 21.7. The third kappa shape index (κ3) is 5.20. The van der Waals surface area contributed by atoms with E-state index in [2.05, 4.69) is 31.5 Å². The summed E-state index contributed by atoms with van der Waals surface area (Å²) in [5.74, 6) is -0.371. The van der Waals surface area contributed by atoms with Gasteiger partial charge in [0.2, 0.25) is 5.82 Å². The van der Waals surface area contributed by atoms with Gasteiger partial charge in [-0.2, -0.15) is 9.49 Å². The maximum atomic E-state index is 14.2. The lowest BCUT2D eigenvalue weighted by Gasteiger charge is -2.37. The standard InChI is InChI=1S/C28H33F2N7O2/c29-21-5-4-20-22(8-15-39-24(20)23(21)30)33-26(38)18-2-1-3-19(16-18)35-28(9-13-32-14-10-28)27-34-25(36-37-27)17-6-11-31-12-7-17/h1-5,16-17,22,31-32,35H,6-15H2,(H,33,38)(H,34,36,37)/t22-/m1/s1. The summed E-state index contributed by atoms with van der Waals surface area (Å²) in [7, 11) is 0. The number of ether oxygens (including phenoxy) is 1. The van der Waals surface area contributed by atoms with Crippen molar-refractivity contribution in [2.24, 2.45) is 0 Å². The van der Waals surface area contributed by atoms with Crippen molar-refractivity contribution in [1.82, 2.24) is 31.1 Å². The van der Waals surface area contributed by atoms with Gasteiger partial charge in [0.25, 0.3) is 5.91 Å². The monoisotopic (exact) mass is 537 g/mol. The molecule has 0 saturated carbocycles. The third-order valence-corrected chi connectivity index (χ3v) is 8.04. The molecule has 0 unspecified atom stereocenters. The number of halogens is 2. The molecule has 9 nitrogen and oxygen atoms in total. The Hall–Kier alpha value is -3.57. The second-order valence-electron chi connectivity index (χ2n) is 10.5. The molecule has 2 saturated heterocycles. The van der Waals surface area contributed by atoms with Crippen LogP contribution >= 0.6 is 0 Å². The number of benzene rings is 2. The van der Waals surface area contributed by atoms with Crippen LogP contribution in [-0.2, 0) is 5.54 Å². The number of H-pyrrole nitrogens is 1. The Bertz CT molecular complexity index is 1340. The molecule has 1 amide bonds. The van der Waals surface area contributed by atoms with E-state index in [0.717, 1.165) is 75.3 Å². The van der Waals surface area contributed by atoms with Crippen LogP contribution in [-0.4, -0.2) is 53.9 Å². The van der Waals surface area contributed by atoms with Gasteiger partial charge in [-0.1, -0.05) is 12.1 Å². The predicted molar refractivity (Wildman–Crippen MR) is 142 cm³/mol. The Morgan fingerprint density at radius 3 is 2.64 bits per heavy atom. The first-order valence-electron chi connectivity index (χ1n) is 13.7. The molecule has 3 aromatic rings. The Morgan fingerprint density at radius 1 is 1.03 bits per heavy atom. The molecule has 2 fully saturated rings. The lowest BCUT2D eigenvalue weighted by atomic mass is 9.87. The number of carbonyl (C=O) groups excluding carboxylic acids is 1. The maximum Gasteiger partial charge on any atom is 0.251 e. The van der Waals surface area contributed by atoms with Crippen LogP contribution in [0.25, 0.3) is 0 Å². The Labute approximate surface area is 225 Å². The van der Waals surface area contributed by atoms with Gasteiger partial charge in [0.05, 0.1) is 12.6 Å². The summed E-state index contributed by atoms with van der Waals surface area (Å²) in [6.07, 6.45) is 4.13. The number of rotatable bonds is 6. The van der Waals surface area contributed by atoms with Crippen molar-refractivity contribution in [3.05, 3.63) is 70.8 Å². The number of nitrogens with one attached hydrogen (secondary N) is 5. The van der Waals surface area contributed by atoms with E-state index in [4.69, 9.17) is 9.72 Å². The fourth-order valence-corrected chi connectivity index (χ4v) is 5.83. The lowest BCUT2D eigenvalue weighted by Crippen LogP contribution is -2.46. The van der Waals surface area contributed by atoms with Crippen LogP contribution < -0.4 is 26.0 Å². The molecule has 1 atom stereocenters. The fraction of sp³-hybridized carbons (Fsp3) is 0.464. The van der Waals surface area contributed by atoms with E-state index >= 15 is 0 Å². The Kier molecular flexibility index (Phi) is 7.18. The molecule has 0 bridgehead atoms. The molecule has 3 aliphatic heterocycles. The molecule has 0 radical (unpaired) electrons. The molecule has 11 heteroatoms. The third-order valence-electron chi connectivity index (χ3n) is 8.04. The van der Waals surface area contributed by atoms with Gasteiger partial charge in [0.15, 0.2) is 17.4 Å². The van der Waals surface area contributed by atoms with Crippen molar-refractivity contribution in [3.8, 4) is 5.75 Å². The normalized spacial score (nSPS) is 21.0. The van der Waals surface area contributed by atoms with Gasteiger partial charge in [-0.15, -0.1) is 0 Å². The highest BCUT2D eigenvalue weighted by atomic mass is 19.2. The molecule has 206 valence electrons. The minimum atomic E-state index is -1.03. The highest BCUT2D eigenvalue weighted by Crippen LogP contribution is 2.36. The molecule has 4 heterocycles. The number of fused-ring (bicyclic) bond motifs is 1. The summed E-state index contributed by atoms with van der Waals surface area (Å²) >= 11 is 0. The number of nitrogens with zero attached hydrogens (tertiary/aromatic N) is 2. The van der Waals surface area contributed by atoms with E-state index in [1.54, 1.807) is 6.07 Å². The van der Waals surface area contributed by atoms with Crippen LogP contribution in [0.2, 0.25) is 0 Å². The summed E-state index contributed by atoms with van der Waals surface area (Å²) in [4.78, 5) is 18.2. The van der Waals surface area contributed by atoms with Crippen LogP contribution in [0.3, 0.4) is 0 Å². The van der Waals surface area contributed by atoms with Crippen LogP contribution in [0.4, 0.5) is 14.5 Å². The van der Waals surface area contributed by atoms with Gasteiger partial charge in [-0.25, -0.2) is 9.37 Å². The van der Waals surface area contributed by atoms with Gasteiger partial charge in [0, 0.05) is 29.2 Å². The summed E-state index contributed by atoms with van der Waals surface area (Å²) in [5.41, 5.74) is 1.22. The molecule has 5 N–H and O–H groups in total. The average Bonchev–Trinajstić information content (AvgIpc) is 3.48. The number of amides is 1. The van der Waals surface area contributed by atoms with Crippen molar-refractivity contribution in [3.63, 3.8) is 0 Å². The quantitative estimate of drug-likeness (QED) is 0.327. The van der Waals surface area contributed by atoms with E-state index in [-0.39, 0.29) is 18.3 Å². The highest BCUT2D eigenvalue weighted by molar-refractivity contribution is 5.95. The molecule has 6 rings (SSSR count). The zero-order valence-electron chi connectivity index (χ0n) is 21.7. The summed E-state index contributed by atoms with van der Waals surface area (Å²) in [6.45, 7) is 3.80. The van der Waals surface area contributed by atoms with Crippen molar-refractivity contribution >= 4 is 11.6 Å². The first-order chi connectivity index (χ1) is 19.0. The molecule has 39 heavy (non-hydrogen) atoms. The molecule has 3 aliphatic rings. The summed E-state index contributed by atoms with van der Waals surface area (Å²) in [6, 6.07) is 9.36. The summed E-state index contributed by atoms with van der Waals surface area (Å²) in [5, 5.41) is 21.3. The van der Waals surface area contributed by atoms with Gasteiger partial charge in [0.1, 0.15) is 11.4 Å². The maximum absolute atomic E-state index is 14.2. The first kappa shape index (κ1) is 25.7. The van der Waals surface area contributed by atoms with E-state index in [1.807, 2.05) is 18.2 Å². The topological polar surface area (TPSA) is 116 Å². The number of aromatic nitrogens is 3. The van der Waals surface area contributed by atoms with Gasteiger partial charge in [-0.3, -0.25) is 9.89 Å². The van der Waals surface area contributed by atoms with E-state index in [0.29, 0.717) is 23.5 Å². The number of aromatic amines is 1. The molecule has 0 spiro atoms. The van der Waals surface area contributed by atoms with Crippen molar-refractivity contribution in [2.75, 3.05) is 38.1 Å². The minimum absolute atomic E-state index is 0.134. The number of hydrogen-bond donors (Lipinski definition) is 5. The second-order valence-corrected chi connectivity index (χ2v) is 10.5. The molecule has 0 aliphatic carbocycles. The van der Waals surface area contributed by atoms with Crippen molar-refractivity contribution < 1.29 is 18.3 Å². The smallest absolute Gasteiger partial charge is 0.251 e. The Morgan fingerprint density at radius 2 is 1.82 bits per heavy atom. The molecule has 2 aromatic carbocycles. The molecular formula is C28H33F2N7O2. The number of anilines is 1. The van der Waals surface area contributed by atoms with Crippen LogP contribution in [0, 0.1) is 11.6 Å². The Balaban J connectivity index is 1.21. The zero-order chi connectivity index (χ0) is 26.8. The van der Waals surface area contributed by atoms with Crippen LogP contribution in [0.5, 0.6) is 5.75 Å². The largest absolute Gasteiger partial charge is 0.490 e. The summed E-state index contributed by atoms with van der Waals surface area (Å²) < 4.78 is 33.3. The molecule has 1 aromatic heterocycles. The van der Waals surface area contributed by atoms with Crippen molar-refractivity contribution in [1.29, 1.82) is 0 Å². The fourth-order valence-electron chi connectivity index (χ4n) is 5.83. The van der Waals surface area contributed by atoms with E-state index in [9.17, 15) is 13.6 Å². The van der Waals surface area contributed by atoms with E-state index in [1.165, 1.54) is 6.07 Å².